The van der Waals surface area contributed by atoms with Gasteiger partial charge in [0.2, 0.25) is 0 Å². The largest absolute Gasteiger partial charge is 0.396 e. The van der Waals surface area contributed by atoms with Gasteiger partial charge in [-0.25, -0.2) is 4.98 Å². The van der Waals surface area contributed by atoms with Crippen LogP contribution in [-0.4, -0.2) is 27.1 Å². The minimum Gasteiger partial charge on any atom is -0.396 e. The predicted molar refractivity (Wildman–Crippen MR) is 70.5 cm³/mol. The van der Waals surface area contributed by atoms with Gasteiger partial charge in [-0.15, -0.1) is 11.3 Å². The molecule has 0 amide bonds. The summed E-state index contributed by atoms with van der Waals surface area (Å²) in [5.41, 5.74) is 3.55. The van der Waals surface area contributed by atoms with Crippen molar-refractivity contribution in [2.24, 2.45) is 0 Å². The number of hydrogen-bond donors (Lipinski definition) is 2. The van der Waals surface area contributed by atoms with Crippen molar-refractivity contribution in [1.29, 1.82) is 0 Å². The molecule has 2 aromatic rings. The molecular formula is C12H19N3OS. The van der Waals surface area contributed by atoms with Crippen LogP contribution in [0.2, 0.25) is 0 Å². The molecule has 0 aromatic carbocycles. The Labute approximate surface area is 105 Å². The molecule has 0 spiro atoms. The summed E-state index contributed by atoms with van der Waals surface area (Å²) >= 11 is 1.68. The Hall–Kier alpha value is -0.910. The van der Waals surface area contributed by atoms with Crippen molar-refractivity contribution in [2.75, 3.05) is 6.61 Å². The molecule has 2 aromatic heterocycles. The zero-order valence-corrected chi connectivity index (χ0v) is 11.3. The summed E-state index contributed by atoms with van der Waals surface area (Å²) in [7, 11) is 0. The highest BCUT2D eigenvalue weighted by Gasteiger charge is 2.12. The second kappa shape index (κ2) is 5.16. The summed E-state index contributed by atoms with van der Waals surface area (Å²) < 4.78 is 2.21. The highest BCUT2D eigenvalue weighted by atomic mass is 32.1. The first-order valence-electron chi connectivity index (χ1n) is 5.89. The van der Waals surface area contributed by atoms with Crippen LogP contribution < -0.4 is 5.32 Å². The highest BCUT2D eigenvalue weighted by Crippen LogP contribution is 2.20. The molecule has 0 aliphatic heterocycles. The molecule has 2 heterocycles. The number of aliphatic hydroxyl groups excluding tert-OH is 1. The minimum absolute atomic E-state index is 0.229. The zero-order valence-electron chi connectivity index (χ0n) is 10.5. The molecule has 2 N–H and O–H groups in total. The molecule has 17 heavy (non-hydrogen) atoms. The number of aliphatic hydroxyl groups is 1. The van der Waals surface area contributed by atoms with Gasteiger partial charge in [-0.05, 0) is 27.2 Å². The molecule has 1 atom stereocenters. The van der Waals surface area contributed by atoms with E-state index in [4.69, 9.17) is 5.11 Å². The number of imidazole rings is 1. The zero-order chi connectivity index (χ0) is 12.4. The van der Waals surface area contributed by atoms with Gasteiger partial charge in [0.15, 0.2) is 4.96 Å². The van der Waals surface area contributed by atoms with E-state index in [-0.39, 0.29) is 6.61 Å². The van der Waals surface area contributed by atoms with Crippen molar-refractivity contribution in [1.82, 2.24) is 14.7 Å². The van der Waals surface area contributed by atoms with Crippen molar-refractivity contribution in [3.63, 3.8) is 0 Å². The number of rotatable bonds is 5. The van der Waals surface area contributed by atoms with Gasteiger partial charge in [0.1, 0.15) is 0 Å². The van der Waals surface area contributed by atoms with Crippen LogP contribution in [0.1, 0.15) is 30.4 Å². The number of fused-ring (bicyclic) bond motifs is 1. The van der Waals surface area contributed by atoms with E-state index >= 15 is 0 Å². The van der Waals surface area contributed by atoms with E-state index in [0.29, 0.717) is 6.04 Å². The van der Waals surface area contributed by atoms with E-state index in [9.17, 15) is 0 Å². The maximum atomic E-state index is 8.88. The smallest absolute Gasteiger partial charge is 0.194 e. The van der Waals surface area contributed by atoms with Crippen LogP contribution >= 0.6 is 11.3 Å². The van der Waals surface area contributed by atoms with Crippen molar-refractivity contribution in [2.45, 2.75) is 39.8 Å². The standard InChI is InChI=1S/C12H19N3OS/c1-8(4-5-16)13-6-11-10(3)14-12-15(11)9(2)7-17-12/h7-8,13,16H,4-6H2,1-3H3. The van der Waals surface area contributed by atoms with Gasteiger partial charge in [0.25, 0.3) is 0 Å². The summed E-state index contributed by atoms with van der Waals surface area (Å²) in [4.78, 5) is 5.61. The van der Waals surface area contributed by atoms with Crippen molar-refractivity contribution < 1.29 is 5.11 Å². The first-order chi connectivity index (χ1) is 8.13. The van der Waals surface area contributed by atoms with E-state index in [1.165, 1.54) is 11.4 Å². The fourth-order valence-corrected chi connectivity index (χ4v) is 2.87. The lowest BCUT2D eigenvalue weighted by Crippen LogP contribution is -2.27. The molecule has 94 valence electrons. The second-order valence-electron chi connectivity index (χ2n) is 4.43. The number of thiazole rings is 1. The monoisotopic (exact) mass is 253 g/mol. The number of hydrogen-bond acceptors (Lipinski definition) is 4. The summed E-state index contributed by atoms with van der Waals surface area (Å²) in [5, 5.41) is 14.4. The van der Waals surface area contributed by atoms with E-state index in [1.54, 1.807) is 11.3 Å². The molecule has 4 nitrogen and oxygen atoms in total. The Morgan fingerprint density at radius 2 is 2.29 bits per heavy atom. The maximum absolute atomic E-state index is 8.88. The third kappa shape index (κ3) is 2.51. The quantitative estimate of drug-likeness (QED) is 0.855. The average Bonchev–Trinajstić information content (AvgIpc) is 2.77. The summed E-state index contributed by atoms with van der Waals surface area (Å²) in [6, 6.07) is 0.323. The highest BCUT2D eigenvalue weighted by molar-refractivity contribution is 7.15. The predicted octanol–water partition coefficient (Wildman–Crippen LogP) is 1.87. The summed E-state index contributed by atoms with van der Waals surface area (Å²) in [6.07, 6.45) is 0.781. The summed E-state index contributed by atoms with van der Waals surface area (Å²) in [5.74, 6) is 0. The van der Waals surface area contributed by atoms with Crippen molar-refractivity contribution in [3.05, 3.63) is 22.5 Å². The van der Waals surface area contributed by atoms with Gasteiger partial charge in [-0.1, -0.05) is 0 Å². The molecule has 1 unspecified atom stereocenters. The van der Waals surface area contributed by atoms with Gasteiger partial charge in [0.05, 0.1) is 11.4 Å². The Balaban J connectivity index is 2.17. The molecule has 0 aliphatic rings. The number of aryl methyl sites for hydroxylation is 2. The first kappa shape index (κ1) is 12.5. The van der Waals surface area contributed by atoms with Gasteiger partial charge >= 0.3 is 0 Å². The molecule has 0 fully saturated rings. The Kier molecular flexibility index (Phi) is 3.81. The molecule has 0 bridgehead atoms. The molecule has 0 radical (unpaired) electrons. The number of nitrogens with one attached hydrogen (secondary N) is 1. The SMILES string of the molecule is Cc1nc2scc(C)n2c1CNC(C)CCO. The molecular weight excluding hydrogens is 234 g/mol. The maximum Gasteiger partial charge on any atom is 0.194 e. The Morgan fingerprint density at radius 1 is 1.53 bits per heavy atom. The number of nitrogens with zero attached hydrogens (tertiary/aromatic N) is 2. The molecule has 0 saturated heterocycles. The van der Waals surface area contributed by atoms with Gasteiger partial charge in [0, 0.05) is 30.3 Å². The molecule has 0 aliphatic carbocycles. The second-order valence-corrected chi connectivity index (χ2v) is 5.27. The van der Waals surface area contributed by atoms with Crippen molar-refractivity contribution in [3.8, 4) is 0 Å². The third-order valence-corrected chi connectivity index (χ3v) is 3.95. The molecule has 5 heteroatoms. The normalized spacial score (nSPS) is 13.4. The third-order valence-electron chi connectivity index (χ3n) is 3.01. The van der Waals surface area contributed by atoms with E-state index in [1.807, 2.05) is 6.92 Å². The first-order valence-corrected chi connectivity index (χ1v) is 6.77. The van der Waals surface area contributed by atoms with Crippen LogP contribution in [0.25, 0.3) is 4.96 Å². The fourth-order valence-electron chi connectivity index (χ4n) is 1.94. The van der Waals surface area contributed by atoms with Crippen LogP contribution in [0.3, 0.4) is 0 Å². The van der Waals surface area contributed by atoms with Crippen LogP contribution in [0.4, 0.5) is 0 Å². The van der Waals surface area contributed by atoms with Crippen molar-refractivity contribution >= 4 is 16.3 Å². The Morgan fingerprint density at radius 3 is 3.00 bits per heavy atom. The topological polar surface area (TPSA) is 49.6 Å². The van der Waals surface area contributed by atoms with E-state index in [0.717, 1.165) is 23.6 Å². The van der Waals surface area contributed by atoms with E-state index < -0.39 is 0 Å². The fraction of sp³-hybridized carbons (Fsp3) is 0.583. The van der Waals surface area contributed by atoms with Gasteiger partial charge in [-0.2, -0.15) is 0 Å². The van der Waals surface area contributed by atoms with Crippen LogP contribution in [0, 0.1) is 13.8 Å². The molecule has 0 saturated carbocycles. The lowest BCUT2D eigenvalue weighted by molar-refractivity contribution is 0.268. The lowest BCUT2D eigenvalue weighted by Gasteiger charge is -2.12. The average molecular weight is 253 g/mol. The van der Waals surface area contributed by atoms with Crippen LogP contribution in [0.15, 0.2) is 5.38 Å². The van der Waals surface area contributed by atoms with Gasteiger partial charge < -0.3 is 10.4 Å². The summed E-state index contributed by atoms with van der Waals surface area (Å²) in [6.45, 7) is 7.26. The lowest BCUT2D eigenvalue weighted by atomic mass is 10.2. The number of aromatic nitrogens is 2. The van der Waals surface area contributed by atoms with Gasteiger partial charge in [-0.3, -0.25) is 4.40 Å². The van der Waals surface area contributed by atoms with Crippen LogP contribution in [0.5, 0.6) is 0 Å². The minimum atomic E-state index is 0.229. The Bertz CT molecular complexity index is 503. The van der Waals surface area contributed by atoms with E-state index in [2.05, 4.69) is 33.9 Å². The molecule has 2 rings (SSSR count). The van der Waals surface area contributed by atoms with Crippen LogP contribution in [-0.2, 0) is 6.54 Å².